The molecule has 0 saturated carbocycles. The zero-order valence-electron chi connectivity index (χ0n) is 25.1. The zero-order valence-corrected chi connectivity index (χ0v) is 29.1. The van der Waals surface area contributed by atoms with E-state index in [1.54, 1.807) is 12.1 Å². The number of benzene rings is 2. The molecule has 2 unspecified atom stereocenters. The second kappa shape index (κ2) is 20.1. The molecular weight excluding hydrogens is 606 g/mol. The Morgan fingerprint density at radius 3 is 1.32 bits per heavy atom. The SMILES string of the molecule is COC(=O)c1ccccc1OC(=O)C(C)(CCCCC(C)(N=NO[O-])C(=O)Oc1ccccc1C(=O)OC)N=NO[O-].[Na+].[Na+]. The van der Waals surface area contributed by atoms with Crippen LogP contribution in [0.1, 0.15) is 60.2 Å². The number of methoxy groups -OCH3 is 2. The predicted molar refractivity (Wildman–Crippen MR) is 134 cm³/mol. The molecule has 44 heavy (non-hydrogen) atoms. The predicted octanol–water partition coefficient (Wildman–Crippen LogP) is -3.83. The first-order valence-electron chi connectivity index (χ1n) is 12.3. The average molecular weight is 635 g/mol. The fourth-order valence-electron chi connectivity index (χ4n) is 3.63. The van der Waals surface area contributed by atoms with Crippen molar-refractivity contribution in [3.05, 3.63) is 59.7 Å². The van der Waals surface area contributed by atoms with Gasteiger partial charge in [-0.15, -0.1) is 10.2 Å². The molecule has 0 bridgehead atoms. The van der Waals surface area contributed by atoms with Gasteiger partial charge in [-0.3, -0.25) is 0 Å². The summed E-state index contributed by atoms with van der Waals surface area (Å²) in [5, 5.41) is 34.1. The molecule has 0 amide bonds. The van der Waals surface area contributed by atoms with Gasteiger partial charge in [0.15, 0.2) is 11.1 Å². The van der Waals surface area contributed by atoms with E-state index < -0.39 is 35.0 Å². The van der Waals surface area contributed by atoms with Crippen molar-refractivity contribution in [2.75, 3.05) is 14.2 Å². The summed E-state index contributed by atoms with van der Waals surface area (Å²) in [5.41, 5.74) is -3.57. The normalized spacial score (nSPS) is 13.3. The number of para-hydroxylation sites is 2. The first-order valence-corrected chi connectivity index (χ1v) is 12.3. The van der Waals surface area contributed by atoms with Gasteiger partial charge < -0.3 is 39.4 Å². The monoisotopic (exact) mass is 634 g/mol. The largest absolute Gasteiger partial charge is 1.00 e. The van der Waals surface area contributed by atoms with E-state index in [1.165, 1.54) is 50.2 Å². The van der Waals surface area contributed by atoms with Crippen LogP contribution in [-0.4, -0.2) is 49.2 Å². The number of carbonyl (C=O) groups is 4. The number of carbonyl (C=O) groups excluding carboxylic acids is 4. The maximum Gasteiger partial charge on any atom is 1.00 e. The van der Waals surface area contributed by atoms with Crippen LogP contribution >= 0.6 is 0 Å². The van der Waals surface area contributed by atoms with Crippen LogP contribution in [0.15, 0.2) is 69.3 Å². The summed E-state index contributed by atoms with van der Waals surface area (Å²) < 4.78 is 20.1. The van der Waals surface area contributed by atoms with Crippen molar-refractivity contribution in [3.8, 4) is 11.5 Å². The van der Waals surface area contributed by atoms with Gasteiger partial charge in [0.1, 0.15) is 22.6 Å². The third-order valence-electron chi connectivity index (χ3n) is 6.04. The molecule has 0 radical (unpaired) electrons. The van der Waals surface area contributed by atoms with E-state index in [9.17, 15) is 29.7 Å². The Hall–Kier alpha value is -2.96. The van der Waals surface area contributed by atoms with Gasteiger partial charge in [0.05, 0.1) is 14.2 Å². The van der Waals surface area contributed by atoms with Crippen LogP contribution in [0, 0.1) is 0 Å². The van der Waals surface area contributed by atoms with E-state index in [4.69, 9.17) is 9.47 Å². The molecule has 0 aromatic heterocycles. The van der Waals surface area contributed by atoms with E-state index in [1.807, 2.05) is 0 Å². The first-order chi connectivity index (χ1) is 20.0. The quantitative estimate of drug-likeness (QED) is 0.0350. The number of unbranched alkanes of at least 4 members (excludes halogenated alkanes) is 1. The third kappa shape index (κ3) is 11.5. The van der Waals surface area contributed by atoms with Gasteiger partial charge >= 0.3 is 83.0 Å². The van der Waals surface area contributed by atoms with Crippen molar-refractivity contribution in [3.63, 3.8) is 0 Å². The summed E-state index contributed by atoms with van der Waals surface area (Å²) >= 11 is 0. The van der Waals surface area contributed by atoms with Gasteiger partial charge in [0.2, 0.25) is 0 Å². The Kier molecular flexibility index (Phi) is 18.8. The number of nitrogens with zero attached hydrogens (tertiary/aromatic N) is 4. The molecule has 2 aromatic rings. The Morgan fingerprint density at radius 2 is 1.00 bits per heavy atom. The molecule has 0 aliphatic rings. The maximum atomic E-state index is 13.1. The molecule has 0 aliphatic carbocycles. The van der Waals surface area contributed by atoms with Crippen LogP contribution in [0.5, 0.6) is 11.5 Å². The Balaban J connectivity index is 0.00000924. The maximum absolute atomic E-state index is 13.1. The Morgan fingerprint density at radius 1 is 0.659 bits per heavy atom. The summed E-state index contributed by atoms with van der Waals surface area (Å²) in [4.78, 5) is 57.0. The topological polar surface area (TPSA) is 219 Å². The molecule has 0 N–H and O–H groups in total. The molecule has 2 atom stereocenters. The molecule has 226 valence electrons. The average Bonchev–Trinajstić information content (AvgIpc) is 3.00. The molecule has 18 heteroatoms. The van der Waals surface area contributed by atoms with Crippen LogP contribution in [-0.2, 0) is 29.0 Å². The molecule has 0 aliphatic heterocycles. The fraction of sp³-hybridized carbons (Fsp3) is 0.385. The third-order valence-corrected chi connectivity index (χ3v) is 6.04. The van der Waals surface area contributed by atoms with Crippen molar-refractivity contribution in [1.29, 1.82) is 0 Å². The van der Waals surface area contributed by atoms with Crippen molar-refractivity contribution in [2.24, 2.45) is 20.8 Å². The van der Waals surface area contributed by atoms with Crippen LogP contribution in [0.25, 0.3) is 0 Å². The van der Waals surface area contributed by atoms with Gasteiger partial charge in [0, 0.05) is 10.6 Å². The molecule has 2 aromatic carbocycles. The molecule has 0 heterocycles. The van der Waals surface area contributed by atoms with E-state index in [2.05, 4.69) is 40.2 Å². The summed E-state index contributed by atoms with van der Waals surface area (Å²) in [6.07, 6.45) is 0.171. The van der Waals surface area contributed by atoms with Crippen molar-refractivity contribution < 1.29 is 118 Å². The molecule has 0 saturated heterocycles. The van der Waals surface area contributed by atoms with Gasteiger partial charge in [0.25, 0.3) is 0 Å². The summed E-state index contributed by atoms with van der Waals surface area (Å²) in [6.45, 7) is 2.64. The van der Waals surface area contributed by atoms with Crippen LogP contribution in [0.4, 0.5) is 0 Å². The molecule has 16 nitrogen and oxygen atoms in total. The number of rotatable bonds is 15. The number of esters is 4. The zero-order chi connectivity index (χ0) is 31.2. The first kappa shape index (κ1) is 41.0. The number of ether oxygens (including phenoxy) is 4. The minimum Gasteiger partial charge on any atom is -0.636 e. The fourth-order valence-corrected chi connectivity index (χ4v) is 3.63. The van der Waals surface area contributed by atoms with Crippen molar-refractivity contribution >= 4 is 23.9 Å². The second-order valence-electron chi connectivity index (χ2n) is 9.02. The smallest absolute Gasteiger partial charge is 0.636 e. The van der Waals surface area contributed by atoms with Crippen LogP contribution in [0.2, 0.25) is 0 Å². The van der Waals surface area contributed by atoms with Gasteiger partial charge in [-0.1, -0.05) is 37.1 Å². The van der Waals surface area contributed by atoms with Crippen LogP contribution < -0.4 is 79.1 Å². The minimum absolute atomic E-state index is 0. The van der Waals surface area contributed by atoms with Crippen molar-refractivity contribution in [1.82, 2.24) is 0 Å². The van der Waals surface area contributed by atoms with Gasteiger partial charge in [-0.25, -0.2) is 19.2 Å². The molecule has 2 rings (SSSR count). The second-order valence-corrected chi connectivity index (χ2v) is 9.02. The Bertz CT molecular complexity index is 1230. The van der Waals surface area contributed by atoms with E-state index in [0.717, 1.165) is 14.2 Å². The minimum atomic E-state index is -1.76. The van der Waals surface area contributed by atoms with Gasteiger partial charge in [-0.2, -0.15) is 0 Å². The van der Waals surface area contributed by atoms with E-state index in [-0.39, 0.29) is 107 Å². The standard InChI is InChI=1S/C26H30N4O12.2Na/c1-25(27-29-41-35,23(33)39-19-13-7-5-11-17(19)21(31)37-3)15-9-10-16-26(2,28-30-42-36)24(34)40-20-14-8-6-12-18(20)22(32)38-4;;/h5-8,11-14,35-36H,9-10,15-16H2,1-4H3;;/q;2*+1/p-2. The van der Waals surface area contributed by atoms with E-state index >= 15 is 0 Å². The number of hydrogen-bond acceptors (Lipinski definition) is 16. The molecular formula is C26H28N4Na2O12. The summed E-state index contributed by atoms with van der Waals surface area (Å²) in [6, 6.07) is 11.6. The summed E-state index contributed by atoms with van der Waals surface area (Å²) in [5.74, 6) is -3.66. The molecule has 0 spiro atoms. The number of hydrogen-bond donors (Lipinski definition) is 0. The summed E-state index contributed by atoms with van der Waals surface area (Å²) in [7, 11) is 2.32. The molecule has 0 fully saturated rings. The van der Waals surface area contributed by atoms with E-state index in [0.29, 0.717) is 0 Å². The van der Waals surface area contributed by atoms with Crippen LogP contribution in [0.3, 0.4) is 0 Å². The van der Waals surface area contributed by atoms with Crippen molar-refractivity contribution in [2.45, 2.75) is 50.6 Å². The Labute approximate surface area is 296 Å². The van der Waals surface area contributed by atoms with Gasteiger partial charge in [-0.05, 0) is 51.0 Å².